The summed E-state index contributed by atoms with van der Waals surface area (Å²) in [6, 6.07) is 9.16. The fourth-order valence-corrected chi connectivity index (χ4v) is 2.27. The van der Waals surface area contributed by atoms with Crippen molar-refractivity contribution in [1.82, 2.24) is 20.2 Å². The summed E-state index contributed by atoms with van der Waals surface area (Å²) in [6.45, 7) is 0.723. The first-order chi connectivity index (χ1) is 10.6. The highest BCUT2D eigenvalue weighted by atomic mass is 16.2. The molecule has 0 bridgehead atoms. The Bertz CT molecular complexity index is 770. The van der Waals surface area contributed by atoms with Gasteiger partial charge in [-0.3, -0.25) is 14.4 Å². The third-order valence-electron chi connectivity index (χ3n) is 3.40. The summed E-state index contributed by atoms with van der Waals surface area (Å²) < 4.78 is 0. The number of H-pyrrole nitrogens is 1. The maximum atomic E-state index is 12.3. The second kappa shape index (κ2) is 5.80. The molecule has 0 radical (unpaired) electrons. The highest BCUT2D eigenvalue weighted by Gasteiger charge is 2.24. The van der Waals surface area contributed by atoms with Crippen molar-refractivity contribution in [2.45, 2.75) is 0 Å². The molecule has 0 aliphatic carbocycles. The van der Waals surface area contributed by atoms with Crippen LogP contribution in [0.2, 0.25) is 0 Å². The molecule has 3 rings (SSSR count). The van der Waals surface area contributed by atoms with Crippen molar-refractivity contribution < 1.29 is 9.59 Å². The number of benzene rings is 1. The van der Waals surface area contributed by atoms with Gasteiger partial charge in [0.2, 0.25) is 5.91 Å². The zero-order chi connectivity index (χ0) is 15.5. The summed E-state index contributed by atoms with van der Waals surface area (Å²) in [5.41, 5.74) is 0.190. The van der Waals surface area contributed by atoms with Crippen LogP contribution in [0.15, 0.2) is 41.3 Å². The van der Waals surface area contributed by atoms with Crippen LogP contribution in [0.25, 0.3) is 11.4 Å². The maximum Gasteiger partial charge on any atom is 0.264 e. The zero-order valence-electron chi connectivity index (χ0n) is 11.7. The number of nitrogens with one attached hydrogen (secondary N) is 2. The van der Waals surface area contributed by atoms with Gasteiger partial charge in [-0.05, 0) is 0 Å². The van der Waals surface area contributed by atoms with E-state index in [1.165, 1.54) is 11.1 Å². The molecule has 1 saturated heterocycles. The van der Waals surface area contributed by atoms with Crippen molar-refractivity contribution in [2.75, 3.05) is 19.6 Å². The molecule has 1 aliphatic rings. The van der Waals surface area contributed by atoms with Gasteiger partial charge in [-0.2, -0.15) is 0 Å². The lowest BCUT2D eigenvalue weighted by Crippen LogP contribution is -2.50. The van der Waals surface area contributed by atoms with Crippen molar-refractivity contribution >= 4 is 11.8 Å². The first kappa shape index (κ1) is 14.0. The number of piperazine rings is 1. The molecule has 22 heavy (non-hydrogen) atoms. The van der Waals surface area contributed by atoms with E-state index in [1.54, 1.807) is 0 Å². The van der Waals surface area contributed by atoms with Crippen molar-refractivity contribution in [3.05, 3.63) is 52.4 Å². The number of rotatable bonds is 2. The molecule has 112 valence electrons. The molecule has 0 atom stereocenters. The minimum atomic E-state index is -0.509. The molecule has 7 heteroatoms. The average Bonchev–Trinajstić information content (AvgIpc) is 2.55. The van der Waals surface area contributed by atoms with E-state index >= 15 is 0 Å². The topological polar surface area (TPSA) is 95.2 Å². The summed E-state index contributed by atoms with van der Waals surface area (Å²) in [5, 5.41) is 2.63. The van der Waals surface area contributed by atoms with E-state index < -0.39 is 11.5 Å². The molecule has 2 N–H and O–H groups in total. The lowest BCUT2D eigenvalue weighted by molar-refractivity contribution is -0.123. The number of carbonyl (C=O) groups excluding carboxylic acids is 2. The molecule has 7 nitrogen and oxygen atoms in total. The van der Waals surface area contributed by atoms with Crippen LogP contribution in [0.5, 0.6) is 0 Å². The van der Waals surface area contributed by atoms with Gasteiger partial charge < -0.3 is 15.2 Å². The van der Waals surface area contributed by atoms with Gasteiger partial charge in [0.15, 0.2) is 0 Å². The summed E-state index contributed by atoms with van der Waals surface area (Å²) in [6.07, 6.45) is 1.26. The number of carbonyl (C=O) groups is 2. The van der Waals surface area contributed by atoms with Gasteiger partial charge in [-0.25, -0.2) is 4.98 Å². The molecule has 0 unspecified atom stereocenters. The Hall–Kier alpha value is -2.96. The number of aromatic nitrogens is 2. The van der Waals surface area contributed by atoms with Gasteiger partial charge in [-0.1, -0.05) is 30.3 Å². The van der Waals surface area contributed by atoms with Gasteiger partial charge in [0.1, 0.15) is 11.4 Å². The van der Waals surface area contributed by atoms with Gasteiger partial charge in [0.25, 0.3) is 11.5 Å². The fraction of sp³-hybridized carbons (Fsp3) is 0.200. The number of nitrogens with zero attached hydrogens (tertiary/aromatic N) is 2. The number of hydrogen-bond acceptors (Lipinski definition) is 4. The lowest BCUT2D eigenvalue weighted by atomic mass is 10.2. The van der Waals surface area contributed by atoms with Gasteiger partial charge in [0.05, 0.1) is 6.54 Å². The maximum absolute atomic E-state index is 12.3. The van der Waals surface area contributed by atoms with Crippen molar-refractivity contribution in [3.8, 4) is 11.4 Å². The molecule has 1 aromatic carbocycles. The summed E-state index contributed by atoms with van der Waals surface area (Å²) in [5.74, 6) is -0.313. The molecule has 0 spiro atoms. The molecule has 2 aromatic rings. The molecule has 1 fully saturated rings. The highest BCUT2D eigenvalue weighted by molar-refractivity contribution is 5.96. The predicted molar refractivity (Wildman–Crippen MR) is 79.2 cm³/mol. The predicted octanol–water partition coefficient (Wildman–Crippen LogP) is 0.00890. The van der Waals surface area contributed by atoms with Crippen LogP contribution >= 0.6 is 0 Å². The summed E-state index contributed by atoms with van der Waals surface area (Å²) >= 11 is 0. The monoisotopic (exact) mass is 298 g/mol. The van der Waals surface area contributed by atoms with Gasteiger partial charge in [-0.15, -0.1) is 0 Å². The van der Waals surface area contributed by atoms with Crippen LogP contribution in [0.1, 0.15) is 10.4 Å². The Morgan fingerprint density at radius 1 is 1.18 bits per heavy atom. The first-order valence-electron chi connectivity index (χ1n) is 6.86. The van der Waals surface area contributed by atoms with E-state index in [-0.39, 0.29) is 18.0 Å². The number of aromatic amines is 1. The van der Waals surface area contributed by atoms with Gasteiger partial charge >= 0.3 is 0 Å². The molecule has 1 aliphatic heterocycles. The van der Waals surface area contributed by atoms with Crippen LogP contribution in [0, 0.1) is 0 Å². The molecular weight excluding hydrogens is 284 g/mol. The minimum absolute atomic E-state index is 0.0429. The molecule has 2 heterocycles. The minimum Gasteiger partial charge on any atom is -0.353 e. The standard InChI is InChI=1S/C15H14N4O3/c20-12-9-19(7-6-16-12)15(22)11-8-17-13(18-14(11)21)10-4-2-1-3-5-10/h1-5,8H,6-7,9H2,(H,16,20)(H,17,18,21). The van der Waals surface area contributed by atoms with Crippen LogP contribution in [0.4, 0.5) is 0 Å². The van der Waals surface area contributed by atoms with E-state index in [0.717, 1.165) is 5.56 Å². The second-order valence-electron chi connectivity index (χ2n) is 4.92. The summed E-state index contributed by atoms with van der Waals surface area (Å²) in [4.78, 5) is 43.9. The van der Waals surface area contributed by atoms with Crippen LogP contribution < -0.4 is 10.9 Å². The normalized spacial score (nSPS) is 14.5. The zero-order valence-corrected chi connectivity index (χ0v) is 11.7. The quantitative estimate of drug-likeness (QED) is 0.816. The second-order valence-corrected chi connectivity index (χ2v) is 4.92. The SMILES string of the molecule is O=C1CN(C(=O)c2cnc(-c3ccccc3)[nH]c2=O)CCN1. The van der Waals surface area contributed by atoms with E-state index in [0.29, 0.717) is 18.9 Å². The Balaban J connectivity index is 1.88. The van der Waals surface area contributed by atoms with Crippen LogP contribution in [0.3, 0.4) is 0 Å². The molecular formula is C15H14N4O3. The van der Waals surface area contributed by atoms with Crippen molar-refractivity contribution in [2.24, 2.45) is 0 Å². The van der Waals surface area contributed by atoms with E-state index in [1.807, 2.05) is 30.3 Å². The Morgan fingerprint density at radius 3 is 2.64 bits per heavy atom. The van der Waals surface area contributed by atoms with Gasteiger partial charge in [0, 0.05) is 24.8 Å². The highest BCUT2D eigenvalue weighted by Crippen LogP contribution is 2.12. The smallest absolute Gasteiger partial charge is 0.264 e. The molecule has 1 aromatic heterocycles. The number of amides is 2. The third-order valence-corrected chi connectivity index (χ3v) is 3.40. The Kier molecular flexibility index (Phi) is 3.69. The first-order valence-corrected chi connectivity index (χ1v) is 6.86. The Labute approximate surface area is 126 Å². The number of hydrogen-bond donors (Lipinski definition) is 2. The molecule has 0 saturated carbocycles. The Morgan fingerprint density at radius 2 is 1.95 bits per heavy atom. The third kappa shape index (κ3) is 2.73. The van der Waals surface area contributed by atoms with Crippen molar-refractivity contribution in [1.29, 1.82) is 0 Å². The lowest BCUT2D eigenvalue weighted by Gasteiger charge is -2.26. The largest absolute Gasteiger partial charge is 0.353 e. The fourth-order valence-electron chi connectivity index (χ4n) is 2.27. The molecule has 2 amide bonds. The average molecular weight is 298 g/mol. The van der Waals surface area contributed by atoms with Crippen LogP contribution in [-0.2, 0) is 4.79 Å². The van der Waals surface area contributed by atoms with Crippen molar-refractivity contribution in [3.63, 3.8) is 0 Å². The van der Waals surface area contributed by atoms with E-state index in [2.05, 4.69) is 15.3 Å². The summed E-state index contributed by atoms with van der Waals surface area (Å²) in [7, 11) is 0. The van der Waals surface area contributed by atoms with Crippen LogP contribution in [-0.4, -0.2) is 46.3 Å². The van der Waals surface area contributed by atoms with E-state index in [9.17, 15) is 14.4 Å². The van der Waals surface area contributed by atoms with E-state index in [4.69, 9.17) is 0 Å².